The topological polar surface area (TPSA) is 38.3 Å². The summed E-state index contributed by atoms with van der Waals surface area (Å²) in [6.45, 7) is 0.986. The first-order valence-electron chi connectivity index (χ1n) is 11.6. The first-order valence-corrected chi connectivity index (χ1v) is 11.6. The van der Waals surface area contributed by atoms with Crippen LogP contribution >= 0.6 is 0 Å². The second kappa shape index (κ2) is 7.65. The van der Waals surface area contributed by atoms with Crippen molar-refractivity contribution in [2.75, 3.05) is 6.54 Å². The smallest absolute Gasteiger partial charge is 0.332 e. The van der Waals surface area contributed by atoms with Crippen LogP contribution in [0.25, 0.3) is 21.5 Å². The summed E-state index contributed by atoms with van der Waals surface area (Å²) in [6, 6.07) is 19.2. The molecule has 0 aromatic heterocycles. The third kappa shape index (κ3) is 3.23. The highest BCUT2D eigenvalue weighted by Gasteiger charge is 2.47. The molecule has 1 spiro atoms. The quantitative estimate of drug-likeness (QED) is 0.300. The van der Waals surface area contributed by atoms with Gasteiger partial charge in [-0.15, -0.1) is 0 Å². The molecule has 2 atom stereocenters. The molecular weight excluding hydrogens is 394 g/mol. The SMILES string of the molecule is O=C1C=C2C(C#Cc3cc4ccccc4c4ccccc34)=CC3CC2(CCCCCN3)O1. The van der Waals surface area contributed by atoms with Crippen LogP contribution in [0.2, 0.25) is 0 Å². The van der Waals surface area contributed by atoms with E-state index in [1.165, 1.54) is 16.2 Å². The van der Waals surface area contributed by atoms with Crippen molar-refractivity contribution in [2.24, 2.45) is 0 Å². The van der Waals surface area contributed by atoms with E-state index in [1.807, 2.05) is 0 Å². The van der Waals surface area contributed by atoms with Crippen molar-refractivity contribution < 1.29 is 9.53 Å². The summed E-state index contributed by atoms with van der Waals surface area (Å²) in [4.78, 5) is 12.3. The molecule has 0 saturated carbocycles. The Morgan fingerprint density at radius 1 is 0.938 bits per heavy atom. The van der Waals surface area contributed by atoms with Gasteiger partial charge in [0.15, 0.2) is 0 Å². The second-order valence-electron chi connectivity index (χ2n) is 9.07. The number of hydrogen-bond acceptors (Lipinski definition) is 3. The van der Waals surface area contributed by atoms with Crippen LogP contribution in [0.5, 0.6) is 0 Å². The minimum atomic E-state index is -0.524. The Morgan fingerprint density at radius 3 is 2.66 bits per heavy atom. The first kappa shape index (κ1) is 19.3. The lowest BCUT2D eigenvalue weighted by Crippen LogP contribution is -2.44. The summed E-state index contributed by atoms with van der Waals surface area (Å²) in [5.74, 6) is 6.68. The molecule has 6 rings (SSSR count). The van der Waals surface area contributed by atoms with Gasteiger partial charge in [0.05, 0.1) is 0 Å². The summed E-state index contributed by atoms with van der Waals surface area (Å²) in [7, 11) is 0. The molecule has 158 valence electrons. The maximum Gasteiger partial charge on any atom is 0.332 e. The van der Waals surface area contributed by atoms with Crippen LogP contribution in [-0.2, 0) is 9.53 Å². The highest BCUT2D eigenvalue weighted by molar-refractivity contribution is 6.10. The number of hydrogen-bond donors (Lipinski definition) is 1. The summed E-state index contributed by atoms with van der Waals surface area (Å²) >= 11 is 0. The molecule has 2 unspecified atom stereocenters. The van der Waals surface area contributed by atoms with E-state index < -0.39 is 5.60 Å². The van der Waals surface area contributed by atoms with Gasteiger partial charge in [-0.25, -0.2) is 4.79 Å². The fourth-order valence-corrected chi connectivity index (χ4v) is 5.53. The van der Waals surface area contributed by atoms with Crippen molar-refractivity contribution in [3.05, 3.63) is 83.5 Å². The molecule has 1 saturated heterocycles. The van der Waals surface area contributed by atoms with Gasteiger partial charge in [-0.3, -0.25) is 0 Å². The average Bonchev–Trinajstić information content (AvgIpc) is 3.18. The summed E-state index contributed by atoms with van der Waals surface area (Å²) in [5, 5.41) is 8.43. The maximum absolute atomic E-state index is 12.3. The van der Waals surface area contributed by atoms with Crippen LogP contribution in [0, 0.1) is 11.8 Å². The van der Waals surface area contributed by atoms with Crippen molar-refractivity contribution >= 4 is 27.5 Å². The van der Waals surface area contributed by atoms with E-state index in [2.05, 4.69) is 77.8 Å². The van der Waals surface area contributed by atoms with Gasteiger partial charge in [0.25, 0.3) is 0 Å². The van der Waals surface area contributed by atoms with Gasteiger partial charge >= 0.3 is 5.97 Å². The molecule has 2 aliphatic heterocycles. The van der Waals surface area contributed by atoms with Gasteiger partial charge in [0, 0.05) is 35.2 Å². The maximum atomic E-state index is 12.3. The molecule has 3 heteroatoms. The number of carbonyl (C=O) groups excluding carboxylic acids is 1. The van der Waals surface area contributed by atoms with E-state index in [1.54, 1.807) is 6.08 Å². The molecule has 2 heterocycles. The molecule has 3 aromatic carbocycles. The van der Waals surface area contributed by atoms with Crippen LogP contribution in [0.4, 0.5) is 0 Å². The van der Waals surface area contributed by atoms with E-state index in [0.29, 0.717) is 0 Å². The monoisotopic (exact) mass is 419 g/mol. The van der Waals surface area contributed by atoms with Gasteiger partial charge in [-0.2, -0.15) is 0 Å². The van der Waals surface area contributed by atoms with Gasteiger partial charge in [0.2, 0.25) is 0 Å². The fraction of sp³-hybridized carbons (Fsp3) is 0.276. The molecule has 1 aliphatic carbocycles. The molecule has 3 nitrogen and oxygen atoms in total. The Morgan fingerprint density at radius 2 is 1.75 bits per heavy atom. The van der Waals surface area contributed by atoms with E-state index in [-0.39, 0.29) is 12.0 Å². The molecule has 1 fully saturated rings. The van der Waals surface area contributed by atoms with Crippen LogP contribution in [-0.4, -0.2) is 24.2 Å². The number of benzene rings is 3. The molecule has 0 amide bonds. The Bertz CT molecular complexity index is 1370. The largest absolute Gasteiger partial charge is 0.451 e. The highest BCUT2D eigenvalue weighted by Crippen LogP contribution is 2.44. The van der Waals surface area contributed by atoms with Crippen molar-refractivity contribution in [3.8, 4) is 11.8 Å². The minimum Gasteiger partial charge on any atom is -0.451 e. The first-order chi connectivity index (χ1) is 15.7. The number of esters is 1. The summed E-state index contributed by atoms with van der Waals surface area (Å²) in [5.41, 5.74) is 2.39. The molecular formula is C29H25NO2. The zero-order valence-electron chi connectivity index (χ0n) is 18.0. The zero-order chi connectivity index (χ0) is 21.5. The highest BCUT2D eigenvalue weighted by atomic mass is 16.6. The number of ether oxygens (including phenoxy) is 1. The lowest BCUT2D eigenvalue weighted by Gasteiger charge is -2.37. The fourth-order valence-electron chi connectivity index (χ4n) is 5.53. The molecule has 3 aliphatic rings. The summed E-state index contributed by atoms with van der Waals surface area (Å²) in [6.07, 6.45) is 8.92. The van der Waals surface area contributed by atoms with Crippen molar-refractivity contribution in [3.63, 3.8) is 0 Å². The standard InChI is InChI=1S/C29H25NO2/c31-28-18-27-22(17-23-19-29(27,32-28)14-6-1-7-15-30-23)13-12-21-16-20-8-2-3-9-24(20)26-11-5-4-10-25(21)26/h2-5,8-11,16-18,23,30H,1,6-7,14-15,19H2. The van der Waals surface area contributed by atoms with Crippen LogP contribution < -0.4 is 5.32 Å². The van der Waals surface area contributed by atoms with E-state index >= 15 is 0 Å². The van der Waals surface area contributed by atoms with Gasteiger partial charge in [-0.05, 0) is 53.4 Å². The number of rotatable bonds is 0. The molecule has 32 heavy (non-hydrogen) atoms. The van der Waals surface area contributed by atoms with Crippen molar-refractivity contribution in [2.45, 2.75) is 43.7 Å². The number of carbonyl (C=O) groups is 1. The zero-order valence-corrected chi connectivity index (χ0v) is 18.0. The van der Waals surface area contributed by atoms with Crippen LogP contribution in [0.3, 0.4) is 0 Å². The third-order valence-electron chi connectivity index (χ3n) is 7.02. The predicted octanol–water partition coefficient (Wildman–Crippen LogP) is 5.43. The van der Waals surface area contributed by atoms with Gasteiger partial charge in [-0.1, -0.05) is 72.9 Å². The van der Waals surface area contributed by atoms with Crippen LogP contribution in [0.15, 0.2) is 77.9 Å². The number of fused-ring (bicyclic) bond motifs is 4. The lowest BCUT2D eigenvalue weighted by molar-refractivity contribution is -0.147. The molecule has 2 bridgehead atoms. The minimum absolute atomic E-state index is 0.175. The Hall–Kier alpha value is -3.35. The van der Waals surface area contributed by atoms with E-state index in [4.69, 9.17) is 4.74 Å². The second-order valence-corrected chi connectivity index (χ2v) is 9.07. The Labute approximate surface area is 188 Å². The van der Waals surface area contributed by atoms with Gasteiger partial charge in [0.1, 0.15) is 5.60 Å². The lowest BCUT2D eigenvalue weighted by atomic mass is 9.75. The molecule has 0 radical (unpaired) electrons. The Balaban J connectivity index is 1.49. The third-order valence-corrected chi connectivity index (χ3v) is 7.02. The molecule has 1 N–H and O–H groups in total. The van der Waals surface area contributed by atoms with E-state index in [9.17, 15) is 4.79 Å². The van der Waals surface area contributed by atoms with E-state index in [0.717, 1.165) is 60.7 Å². The van der Waals surface area contributed by atoms with Crippen molar-refractivity contribution in [1.29, 1.82) is 0 Å². The Kier molecular flexibility index (Phi) is 4.63. The van der Waals surface area contributed by atoms with Crippen LogP contribution in [0.1, 0.15) is 37.7 Å². The normalized spacial score (nSPS) is 24.9. The number of nitrogens with one attached hydrogen (secondary N) is 1. The summed E-state index contributed by atoms with van der Waals surface area (Å²) < 4.78 is 5.94. The average molecular weight is 420 g/mol. The van der Waals surface area contributed by atoms with Crippen molar-refractivity contribution in [1.82, 2.24) is 5.32 Å². The predicted molar refractivity (Wildman–Crippen MR) is 128 cm³/mol. The molecule has 3 aromatic rings. The van der Waals surface area contributed by atoms with Gasteiger partial charge < -0.3 is 10.1 Å².